The zero-order chi connectivity index (χ0) is 41.8. The molecule has 1 heterocycles. The van der Waals surface area contributed by atoms with Gasteiger partial charge in [-0.25, -0.2) is 0 Å². The van der Waals surface area contributed by atoms with E-state index in [2.05, 4.69) is 185 Å². The van der Waals surface area contributed by atoms with Gasteiger partial charge in [0, 0.05) is 34.1 Å². The van der Waals surface area contributed by atoms with Crippen molar-refractivity contribution in [2.75, 3.05) is 10.6 Å². The number of benzene rings is 7. The lowest BCUT2D eigenvalue weighted by molar-refractivity contribution is 0.468. The smallest absolute Gasteiger partial charge is 0.120 e. The molecule has 0 bridgehead atoms. The monoisotopic (exact) mass is 783 g/mol. The van der Waals surface area contributed by atoms with Crippen LogP contribution in [0.25, 0.3) is 55.8 Å². The molecular formula is C56H53N3O. The molecule has 60 heavy (non-hydrogen) atoms. The van der Waals surface area contributed by atoms with Crippen LogP contribution < -0.4 is 10.6 Å². The van der Waals surface area contributed by atoms with Crippen LogP contribution in [0.15, 0.2) is 182 Å². The third-order valence-corrected chi connectivity index (χ3v) is 11.3. The van der Waals surface area contributed by atoms with Crippen LogP contribution in [0.4, 0.5) is 17.1 Å². The largest absolute Gasteiger partial charge is 0.508 e. The predicted octanol–water partition coefficient (Wildman–Crippen LogP) is 14.5. The Kier molecular flexibility index (Phi) is 11.4. The van der Waals surface area contributed by atoms with Crippen molar-refractivity contribution >= 4 is 17.1 Å². The van der Waals surface area contributed by atoms with E-state index in [0.717, 1.165) is 68.0 Å². The van der Waals surface area contributed by atoms with E-state index < -0.39 is 0 Å². The van der Waals surface area contributed by atoms with Gasteiger partial charge in [0.2, 0.25) is 0 Å². The molecule has 298 valence electrons. The van der Waals surface area contributed by atoms with Crippen LogP contribution in [0.3, 0.4) is 0 Å². The van der Waals surface area contributed by atoms with Gasteiger partial charge in [0.05, 0.1) is 23.6 Å². The fourth-order valence-corrected chi connectivity index (χ4v) is 8.04. The molecule has 7 aromatic carbocycles. The first-order valence-corrected chi connectivity index (χ1v) is 20.9. The highest BCUT2D eigenvalue weighted by molar-refractivity contribution is 5.92. The van der Waals surface area contributed by atoms with Crippen LogP contribution in [-0.4, -0.2) is 10.1 Å². The quantitative estimate of drug-likeness (QED) is 0.128. The molecule has 0 spiro atoms. The molecule has 0 aliphatic heterocycles. The molecule has 0 fully saturated rings. The molecule has 3 N–H and O–H groups in total. The van der Waals surface area contributed by atoms with Crippen molar-refractivity contribution in [3.63, 3.8) is 0 Å². The SMILES string of the molecule is CC(C)Cc1ccc(N(Cc2ccccc2O)c2cccc(-c3cc(-c4cc(-c5ccc(-c6ccccc6)cc5)ccn4)cc(C(C)(C)C)c3)c2N)c(-c2ccccc2)c1. The van der Waals surface area contributed by atoms with Gasteiger partial charge in [-0.15, -0.1) is 0 Å². The van der Waals surface area contributed by atoms with Crippen LogP contribution in [0.1, 0.15) is 51.3 Å². The topological polar surface area (TPSA) is 62.4 Å². The normalized spacial score (nSPS) is 11.5. The lowest BCUT2D eigenvalue weighted by Crippen LogP contribution is -2.19. The van der Waals surface area contributed by atoms with Crippen molar-refractivity contribution in [2.24, 2.45) is 5.92 Å². The lowest BCUT2D eigenvalue weighted by atomic mass is 9.83. The van der Waals surface area contributed by atoms with E-state index in [0.29, 0.717) is 18.2 Å². The first-order chi connectivity index (χ1) is 29.0. The molecule has 0 unspecified atom stereocenters. The van der Waals surface area contributed by atoms with Crippen LogP contribution in [-0.2, 0) is 18.4 Å². The van der Waals surface area contributed by atoms with Crippen LogP contribution >= 0.6 is 0 Å². The Balaban J connectivity index is 1.24. The molecule has 8 aromatic rings. The molecule has 4 nitrogen and oxygen atoms in total. The lowest BCUT2D eigenvalue weighted by Gasteiger charge is -2.30. The average Bonchev–Trinajstić information content (AvgIpc) is 3.26. The standard InChI is InChI=1S/C56H53N3O/c1-38(2)31-39-23-28-52(50(32-39)43-17-10-7-11-18-43)59(37-45-19-12-13-22-54(45)60)53-21-14-20-49(55(53)57)46-33-47(35-48(34-46)56(3,4)5)51-36-44(29-30-58-51)42-26-24-41(25-27-42)40-15-8-6-9-16-40/h6-30,32-36,38,60H,31,37,57H2,1-5H3. The first-order valence-electron chi connectivity index (χ1n) is 20.9. The van der Waals surface area contributed by atoms with Gasteiger partial charge in [0.1, 0.15) is 5.75 Å². The third-order valence-electron chi connectivity index (χ3n) is 11.3. The van der Waals surface area contributed by atoms with E-state index in [4.69, 9.17) is 10.7 Å². The summed E-state index contributed by atoms with van der Waals surface area (Å²) < 4.78 is 0. The molecule has 0 atom stereocenters. The highest BCUT2D eigenvalue weighted by atomic mass is 16.3. The number of phenols is 1. The highest BCUT2D eigenvalue weighted by Gasteiger charge is 2.23. The Morgan fingerprint density at radius 1 is 0.550 bits per heavy atom. The number of nitrogens with two attached hydrogens (primary N) is 1. The summed E-state index contributed by atoms with van der Waals surface area (Å²) in [7, 11) is 0. The number of para-hydroxylation sites is 2. The fourth-order valence-electron chi connectivity index (χ4n) is 8.04. The second kappa shape index (κ2) is 17.1. The van der Waals surface area contributed by atoms with Gasteiger partial charge >= 0.3 is 0 Å². The van der Waals surface area contributed by atoms with Crippen molar-refractivity contribution in [1.29, 1.82) is 0 Å². The maximum Gasteiger partial charge on any atom is 0.120 e. The first kappa shape index (κ1) is 39.9. The number of phenolic OH excluding ortho intramolecular Hbond substituents is 1. The molecular weight excluding hydrogens is 731 g/mol. The van der Waals surface area contributed by atoms with Gasteiger partial charge in [-0.05, 0) is 111 Å². The van der Waals surface area contributed by atoms with E-state index in [9.17, 15) is 5.11 Å². The minimum absolute atomic E-state index is 0.138. The Morgan fingerprint density at radius 3 is 1.87 bits per heavy atom. The summed E-state index contributed by atoms with van der Waals surface area (Å²) in [6, 6.07) is 61.4. The molecule has 0 saturated carbocycles. The summed E-state index contributed by atoms with van der Waals surface area (Å²) >= 11 is 0. The highest BCUT2D eigenvalue weighted by Crippen LogP contribution is 2.44. The van der Waals surface area contributed by atoms with Gasteiger partial charge in [-0.2, -0.15) is 0 Å². The molecule has 8 rings (SSSR count). The average molecular weight is 784 g/mol. The maximum absolute atomic E-state index is 11.1. The van der Waals surface area contributed by atoms with Crippen LogP contribution in [0, 0.1) is 5.92 Å². The third kappa shape index (κ3) is 8.74. The van der Waals surface area contributed by atoms with Crippen molar-refractivity contribution in [3.8, 4) is 61.5 Å². The summed E-state index contributed by atoms with van der Waals surface area (Å²) in [6.07, 6.45) is 2.88. The van der Waals surface area contributed by atoms with Crippen LogP contribution in [0.5, 0.6) is 5.75 Å². The number of nitrogen functional groups attached to an aromatic ring is 1. The summed E-state index contributed by atoms with van der Waals surface area (Å²) in [5.74, 6) is 0.765. The van der Waals surface area contributed by atoms with Gasteiger partial charge in [-0.1, -0.05) is 162 Å². The summed E-state index contributed by atoms with van der Waals surface area (Å²) in [5.41, 5.74) is 23.9. The molecule has 0 aliphatic rings. The van der Waals surface area contributed by atoms with Gasteiger partial charge < -0.3 is 15.7 Å². The second-order valence-corrected chi connectivity index (χ2v) is 17.2. The van der Waals surface area contributed by atoms with Crippen molar-refractivity contribution in [3.05, 3.63) is 199 Å². The number of nitrogens with zero attached hydrogens (tertiary/aromatic N) is 2. The zero-order valence-electron chi connectivity index (χ0n) is 35.2. The number of rotatable bonds is 11. The van der Waals surface area contributed by atoms with Crippen LogP contribution in [0.2, 0.25) is 0 Å². The maximum atomic E-state index is 11.1. The van der Waals surface area contributed by atoms with Crippen molar-refractivity contribution in [1.82, 2.24) is 4.98 Å². The van der Waals surface area contributed by atoms with Gasteiger partial charge in [0.15, 0.2) is 0 Å². The zero-order valence-corrected chi connectivity index (χ0v) is 35.2. The van der Waals surface area contributed by atoms with E-state index in [1.54, 1.807) is 6.07 Å². The molecule has 0 saturated heterocycles. The Hall–Kier alpha value is -6.91. The minimum Gasteiger partial charge on any atom is -0.508 e. The van der Waals surface area contributed by atoms with Crippen molar-refractivity contribution < 1.29 is 5.11 Å². The number of aromatic hydroxyl groups is 1. The number of aromatic nitrogens is 1. The Bertz CT molecular complexity index is 2730. The molecule has 0 aliphatic carbocycles. The minimum atomic E-state index is -0.138. The fraction of sp³-hybridized carbons (Fsp3) is 0.161. The van der Waals surface area contributed by atoms with E-state index in [1.807, 2.05) is 30.5 Å². The Morgan fingerprint density at radius 2 is 1.18 bits per heavy atom. The number of hydrogen-bond donors (Lipinski definition) is 2. The van der Waals surface area contributed by atoms with Gasteiger partial charge in [0.25, 0.3) is 0 Å². The summed E-state index contributed by atoms with van der Waals surface area (Å²) in [6.45, 7) is 11.7. The molecule has 4 heteroatoms. The predicted molar refractivity (Wildman–Crippen MR) is 253 cm³/mol. The Labute approximate surface area is 355 Å². The number of pyridine rings is 1. The van der Waals surface area contributed by atoms with Gasteiger partial charge in [-0.3, -0.25) is 4.98 Å². The van der Waals surface area contributed by atoms with E-state index in [1.165, 1.54) is 22.3 Å². The van der Waals surface area contributed by atoms with E-state index >= 15 is 0 Å². The molecule has 0 radical (unpaired) electrons. The van der Waals surface area contributed by atoms with E-state index in [-0.39, 0.29) is 11.2 Å². The number of hydrogen-bond acceptors (Lipinski definition) is 4. The number of anilines is 3. The molecule has 0 amide bonds. The molecule has 1 aromatic heterocycles. The van der Waals surface area contributed by atoms with Crippen molar-refractivity contribution in [2.45, 2.75) is 53.0 Å². The summed E-state index contributed by atoms with van der Waals surface area (Å²) in [4.78, 5) is 7.18. The summed E-state index contributed by atoms with van der Waals surface area (Å²) in [5, 5.41) is 11.1. The second-order valence-electron chi connectivity index (χ2n) is 17.2.